The van der Waals surface area contributed by atoms with Crippen molar-refractivity contribution in [3.8, 4) is 0 Å². The van der Waals surface area contributed by atoms with Crippen LogP contribution in [0.15, 0.2) is 0 Å². The van der Waals surface area contributed by atoms with Crippen molar-refractivity contribution < 1.29 is 0 Å². The van der Waals surface area contributed by atoms with Crippen molar-refractivity contribution in [1.29, 1.82) is 0 Å². The summed E-state index contributed by atoms with van der Waals surface area (Å²) >= 11 is 6.51. The second-order valence-electron chi connectivity index (χ2n) is 6.03. The summed E-state index contributed by atoms with van der Waals surface area (Å²) < 4.78 is 2.08. The van der Waals surface area contributed by atoms with Gasteiger partial charge < -0.3 is 5.32 Å². The SMILES string of the molecule is CCc1nn(CC)c(CN2C[C@@H]3CCCN[C@@H]3C2)c1Cl. The van der Waals surface area contributed by atoms with Gasteiger partial charge >= 0.3 is 0 Å². The van der Waals surface area contributed by atoms with E-state index in [2.05, 4.69) is 33.8 Å². The fraction of sp³-hybridized carbons (Fsp3) is 0.800. The molecule has 5 heteroatoms. The highest BCUT2D eigenvalue weighted by Gasteiger charge is 2.34. The summed E-state index contributed by atoms with van der Waals surface area (Å²) in [7, 11) is 0. The van der Waals surface area contributed by atoms with Crippen molar-refractivity contribution in [2.75, 3.05) is 19.6 Å². The first-order chi connectivity index (χ1) is 9.72. The molecule has 0 spiro atoms. The van der Waals surface area contributed by atoms with Crippen LogP contribution >= 0.6 is 11.6 Å². The van der Waals surface area contributed by atoms with Crippen LogP contribution in [0.3, 0.4) is 0 Å². The molecule has 2 saturated heterocycles. The maximum absolute atomic E-state index is 6.51. The molecule has 0 saturated carbocycles. The van der Waals surface area contributed by atoms with Crippen LogP contribution in [-0.4, -0.2) is 40.4 Å². The summed E-state index contributed by atoms with van der Waals surface area (Å²) in [5.74, 6) is 0.825. The van der Waals surface area contributed by atoms with Gasteiger partial charge in [0.25, 0.3) is 0 Å². The number of nitrogens with one attached hydrogen (secondary N) is 1. The third-order valence-electron chi connectivity index (χ3n) is 4.74. The Hall–Kier alpha value is -0.580. The summed E-state index contributed by atoms with van der Waals surface area (Å²) in [5.41, 5.74) is 2.24. The van der Waals surface area contributed by atoms with Crippen LogP contribution in [0, 0.1) is 5.92 Å². The number of aryl methyl sites for hydroxylation is 2. The molecule has 0 aromatic carbocycles. The highest BCUT2D eigenvalue weighted by atomic mass is 35.5. The van der Waals surface area contributed by atoms with E-state index >= 15 is 0 Å². The van der Waals surface area contributed by atoms with E-state index in [0.717, 1.165) is 42.7 Å². The third-order valence-corrected chi connectivity index (χ3v) is 5.18. The van der Waals surface area contributed by atoms with E-state index < -0.39 is 0 Å². The predicted molar refractivity (Wildman–Crippen MR) is 82.1 cm³/mol. The third kappa shape index (κ3) is 2.61. The van der Waals surface area contributed by atoms with Gasteiger partial charge in [-0.25, -0.2) is 0 Å². The van der Waals surface area contributed by atoms with E-state index in [4.69, 9.17) is 11.6 Å². The molecule has 1 aromatic rings. The Bertz CT molecular complexity index is 457. The molecule has 0 unspecified atom stereocenters. The van der Waals surface area contributed by atoms with Gasteiger partial charge in [0.2, 0.25) is 0 Å². The van der Waals surface area contributed by atoms with Gasteiger partial charge in [-0.05, 0) is 38.6 Å². The fourth-order valence-corrected chi connectivity index (χ4v) is 3.97. The summed E-state index contributed by atoms with van der Waals surface area (Å²) in [5, 5.41) is 9.17. The van der Waals surface area contributed by atoms with Crippen LogP contribution in [-0.2, 0) is 19.5 Å². The molecular formula is C15H25ClN4. The quantitative estimate of drug-likeness (QED) is 0.925. The van der Waals surface area contributed by atoms with Crippen LogP contribution in [0.25, 0.3) is 0 Å². The van der Waals surface area contributed by atoms with Crippen molar-refractivity contribution in [1.82, 2.24) is 20.0 Å². The maximum Gasteiger partial charge on any atom is 0.0863 e. The van der Waals surface area contributed by atoms with Crippen molar-refractivity contribution in [2.24, 2.45) is 5.92 Å². The van der Waals surface area contributed by atoms with Crippen molar-refractivity contribution in [3.05, 3.63) is 16.4 Å². The number of piperidine rings is 1. The summed E-state index contributed by atoms with van der Waals surface area (Å²) in [6.45, 7) is 9.62. The Morgan fingerprint density at radius 2 is 2.20 bits per heavy atom. The molecule has 1 N–H and O–H groups in total. The Balaban J connectivity index is 1.73. The van der Waals surface area contributed by atoms with Crippen molar-refractivity contribution in [3.63, 3.8) is 0 Å². The molecule has 2 atom stereocenters. The molecule has 0 amide bonds. The molecule has 1 aromatic heterocycles. The minimum absolute atomic E-state index is 0.686. The molecule has 20 heavy (non-hydrogen) atoms. The van der Waals surface area contributed by atoms with E-state index in [1.807, 2.05) is 0 Å². The zero-order valence-electron chi connectivity index (χ0n) is 12.5. The number of aromatic nitrogens is 2. The lowest BCUT2D eigenvalue weighted by molar-refractivity contribution is 0.302. The zero-order valence-corrected chi connectivity index (χ0v) is 13.3. The molecule has 3 rings (SSSR count). The second kappa shape index (κ2) is 6.04. The van der Waals surface area contributed by atoms with Crippen LogP contribution in [0.4, 0.5) is 0 Å². The number of fused-ring (bicyclic) bond motifs is 1. The lowest BCUT2D eigenvalue weighted by Crippen LogP contribution is -2.40. The Morgan fingerprint density at radius 3 is 2.90 bits per heavy atom. The van der Waals surface area contributed by atoms with E-state index in [9.17, 15) is 0 Å². The van der Waals surface area contributed by atoms with Gasteiger partial charge in [0.15, 0.2) is 0 Å². The molecule has 2 aliphatic heterocycles. The van der Waals surface area contributed by atoms with E-state index in [0.29, 0.717) is 6.04 Å². The van der Waals surface area contributed by atoms with Crippen molar-refractivity contribution in [2.45, 2.75) is 52.2 Å². The summed E-state index contributed by atoms with van der Waals surface area (Å²) in [4.78, 5) is 2.54. The van der Waals surface area contributed by atoms with E-state index in [1.54, 1.807) is 0 Å². The first-order valence-electron chi connectivity index (χ1n) is 7.92. The molecule has 2 fully saturated rings. The van der Waals surface area contributed by atoms with Gasteiger partial charge in [-0.15, -0.1) is 0 Å². The maximum atomic E-state index is 6.51. The molecule has 0 aliphatic carbocycles. The number of hydrogen-bond donors (Lipinski definition) is 1. The van der Waals surface area contributed by atoms with E-state index in [-0.39, 0.29) is 0 Å². The summed E-state index contributed by atoms with van der Waals surface area (Å²) in [6, 6.07) is 0.686. The second-order valence-corrected chi connectivity index (χ2v) is 6.41. The number of nitrogens with zero attached hydrogens (tertiary/aromatic N) is 3. The zero-order chi connectivity index (χ0) is 14.1. The minimum Gasteiger partial charge on any atom is -0.312 e. The standard InChI is InChI=1S/C15H25ClN4/c1-3-12-15(16)14(20(4-2)18-12)10-19-8-11-6-5-7-17-13(11)9-19/h11,13,17H,3-10H2,1-2H3/t11-,13+/m0/s1. The highest BCUT2D eigenvalue weighted by Crippen LogP contribution is 2.28. The lowest BCUT2D eigenvalue weighted by atomic mass is 9.94. The van der Waals surface area contributed by atoms with Gasteiger partial charge in [0.05, 0.1) is 16.4 Å². The van der Waals surface area contributed by atoms with Gasteiger partial charge in [0, 0.05) is 32.2 Å². The first kappa shape index (κ1) is 14.4. The largest absolute Gasteiger partial charge is 0.312 e. The average molecular weight is 297 g/mol. The monoisotopic (exact) mass is 296 g/mol. The van der Waals surface area contributed by atoms with Gasteiger partial charge in [-0.1, -0.05) is 18.5 Å². The smallest absolute Gasteiger partial charge is 0.0863 e. The van der Waals surface area contributed by atoms with Crippen LogP contribution in [0.2, 0.25) is 5.02 Å². The lowest BCUT2D eigenvalue weighted by Gasteiger charge is -2.24. The number of likely N-dealkylation sites (tertiary alicyclic amines) is 1. The Morgan fingerprint density at radius 1 is 1.35 bits per heavy atom. The average Bonchev–Trinajstić information content (AvgIpc) is 3.01. The number of rotatable bonds is 4. The fourth-order valence-electron chi connectivity index (χ4n) is 3.65. The molecule has 4 nitrogen and oxygen atoms in total. The Labute approximate surface area is 126 Å². The number of halogens is 1. The predicted octanol–water partition coefficient (Wildman–Crippen LogP) is 2.30. The van der Waals surface area contributed by atoms with Crippen LogP contribution < -0.4 is 5.32 Å². The molecular weight excluding hydrogens is 272 g/mol. The highest BCUT2D eigenvalue weighted by molar-refractivity contribution is 6.31. The van der Waals surface area contributed by atoms with Crippen LogP contribution in [0.5, 0.6) is 0 Å². The first-order valence-corrected chi connectivity index (χ1v) is 8.30. The molecule has 3 heterocycles. The topological polar surface area (TPSA) is 33.1 Å². The molecule has 2 aliphatic rings. The minimum atomic E-state index is 0.686. The normalized spacial score (nSPS) is 26.9. The Kier molecular flexibility index (Phi) is 4.34. The number of hydrogen-bond acceptors (Lipinski definition) is 3. The van der Waals surface area contributed by atoms with Gasteiger partial charge in [-0.3, -0.25) is 9.58 Å². The summed E-state index contributed by atoms with van der Waals surface area (Å²) in [6.07, 6.45) is 3.60. The van der Waals surface area contributed by atoms with Crippen molar-refractivity contribution >= 4 is 11.6 Å². The molecule has 112 valence electrons. The van der Waals surface area contributed by atoms with Gasteiger partial charge in [-0.2, -0.15) is 5.10 Å². The van der Waals surface area contributed by atoms with Crippen LogP contribution in [0.1, 0.15) is 38.1 Å². The molecule has 0 radical (unpaired) electrons. The molecule has 0 bridgehead atoms. The van der Waals surface area contributed by atoms with E-state index in [1.165, 1.54) is 31.6 Å². The van der Waals surface area contributed by atoms with Gasteiger partial charge in [0.1, 0.15) is 0 Å².